The molecule has 0 saturated heterocycles. The highest BCUT2D eigenvalue weighted by atomic mass is 35.5. The van der Waals surface area contributed by atoms with Gasteiger partial charge in [-0.1, -0.05) is 22.8 Å². The summed E-state index contributed by atoms with van der Waals surface area (Å²) in [6.45, 7) is 3.98. The molecule has 0 aliphatic heterocycles. The quantitative estimate of drug-likeness (QED) is 0.727. The molecule has 1 amide bonds. The fourth-order valence-electron chi connectivity index (χ4n) is 1.88. The van der Waals surface area contributed by atoms with Crippen LogP contribution in [0.2, 0.25) is 5.02 Å². The molecule has 0 aliphatic rings. The second-order valence-corrected chi connectivity index (χ2v) is 5.02. The van der Waals surface area contributed by atoms with Crippen LogP contribution in [-0.4, -0.2) is 26.1 Å². The monoisotopic (exact) mass is 329 g/mol. The zero-order valence-corrected chi connectivity index (χ0v) is 12.7. The molecule has 0 bridgehead atoms. The maximum Gasteiger partial charge on any atom is 0.293 e. The van der Waals surface area contributed by atoms with E-state index < -0.39 is 5.91 Å². The molecule has 3 aromatic rings. The van der Waals surface area contributed by atoms with Crippen molar-refractivity contribution >= 4 is 23.5 Å². The van der Waals surface area contributed by atoms with Crippen LogP contribution in [0.1, 0.15) is 10.6 Å². The Bertz CT molecular complexity index is 838. The standard InChI is InChI=1S/C15H12ClN5O2/c1-2-9-21-19-15(18-20-21)17-14(22)13-8-7-12(23-13)10-3-5-11(16)6-4-10/h2-8H,1,9H2,(H,17,19,22). The minimum Gasteiger partial charge on any atom is -0.451 e. The van der Waals surface area contributed by atoms with Gasteiger partial charge in [0.05, 0.1) is 6.54 Å². The molecule has 0 atom stereocenters. The lowest BCUT2D eigenvalue weighted by molar-refractivity contribution is 0.0996. The summed E-state index contributed by atoms with van der Waals surface area (Å²) in [5.41, 5.74) is 0.823. The molecule has 1 aromatic carbocycles. The maximum atomic E-state index is 12.1. The van der Waals surface area contributed by atoms with Crippen LogP contribution < -0.4 is 5.32 Å². The number of carbonyl (C=O) groups excluding carboxylic acids is 1. The molecule has 1 N–H and O–H groups in total. The minimum atomic E-state index is -0.455. The molecule has 2 heterocycles. The number of aromatic nitrogens is 4. The number of hydrogen-bond donors (Lipinski definition) is 1. The van der Waals surface area contributed by atoms with Crippen molar-refractivity contribution in [2.75, 3.05) is 5.32 Å². The summed E-state index contributed by atoms with van der Waals surface area (Å²) >= 11 is 5.85. The van der Waals surface area contributed by atoms with Gasteiger partial charge in [-0.25, -0.2) is 0 Å². The molecule has 0 radical (unpaired) electrons. The summed E-state index contributed by atoms with van der Waals surface area (Å²) in [7, 11) is 0. The number of amides is 1. The summed E-state index contributed by atoms with van der Waals surface area (Å²) < 4.78 is 5.54. The van der Waals surface area contributed by atoms with Gasteiger partial charge in [0.1, 0.15) is 5.76 Å². The van der Waals surface area contributed by atoms with Gasteiger partial charge >= 0.3 is 0 Å². The van der Waals surface area contributed by atoms with Gasteiger partial charge in [0.2, 0.25) is 0 Å². The molecule has 3 rings (SSSR count). The third-order valence-corrected chi connectivity index (χ3v) is 3.18. The first-order valence-electron chi connectivity index (χ1n) is 6.71. The Balaban J connectivity index is 1.72. The lowest BCUT2D eigenvalue weighted by Crippen LogP contribution is -2.12. The predicted octanol–water partition coefficient (Wildman–Crippen LogP) is 3.02. The van der Waals surface area contributed by atoms with E-state index in [9.17, 15) is 4.79 Å². The second kappa shape index (κ2) is 6.45. The molecule has 23 heavy (non-hydrogen) atoms. The SMILES string of the molecule is C=CCn1nnc(NC(=O)c2ccc(-c3ccc(Cl)cc3)o2)n1. The Morgan fingerprint density at radius 1 is 1.30 bits per heavy atom. The van der Waals surface area contributed by atoms with Gasteiger partial charge in [-0.2, -0.15) is 4.80 Å². The fourth-order valence-corrected chi connectivity index (χ4v) is 2.00. The van der Waals surface area contributed by atoms with Crippen LogP contribution in [0.5, 0.6) is 0 Å². The number of halogens is 1. The number of nitrogens with one attached hydrogen (secondary N) is 1. The van der Waals surface area contributed by atoms with E-state index in [1.165, 1.54) is 4.80 Å². The van der Waals surface area contributed by atoms with Crippen LogP contribution in [0.3, 0.4) is 0 Å². The maximum absolute atomic E-state index is 12.1. The summed E-state index contributed by atoms with van der Waals surface area (Å²) in [6, 6.07) is 10.4. The Kier molecular flexibility index (Phi) is 4.20. The molecule has 0 fully saturated rings. The lowest BCUT2D eigenvalue weighted by Gasteiger charge is -1.98. The molecule has 0 aliphatic carbocycles. The molecular weight excluding hydrogens is 318 g/mol. The number of carbonyl (C=O) groups is 1. The van der Waals surface area contributed by atoms with E-state index in [0.29, 0.717) is 17.3 Å². The second-order valence-electron chi connectivity index (χ2n) is 4.58. The van der Waals surface area contributed by atoms with Crippen LogP contribution in [0, 0.1) is 0 Å². The number of benzene rings is 1. The minimum absolute atomic E-state index is 0.0984. The van der Waals surface area contributed by atoms with E-state index in [1.54, 1.807) is 30.3 Å². The molecule has 8 heteroatoms. The molecular formula is C15H12ClN5O2. The summed E-state index contributed by atoms with van der Waals surface area (Å²) in [5, 5.41) is 14.6. The number of tetrazole rings is 1. The largest absolute Gasteiger partial charge is 0.451 e. The van der Waals surface area contributed by atoms with Crippen molar-refractivity contribution < 1.29 is 9.21 Å². The predicted molar refractivity (Wildman–Crippen MR) is 85.1 cm³/mol. The van der Waals surface area contributed by atoms with E-state index in [-0.39, 0.29) is 11.7 Å². The molecule has 116 valence electrons. The number of hydrogen-bond acceptors (Lipinski definition) is 5. The number of anilines is 1. The molecule has 0 saturated carbocycles. The van der Waals surface area contributed by atoms with Gasteiger partial charge in [-0.15, -0.1) is 11.7 Å². The third-order valence-electron chi connectivity index (χ3n) is 2.93. The van der Waals surface area contributed by atoms with E-state index in [2.05, 4.69) is 27.3 Å². The fraction of sp³-hybridized carbons (Fsp3) is 0.0667. The Labute approximate surface area is 136 Å². The lowest BCUT2D eigenvalue weighted by atomic mass is 10.2. The molecule has 0 spiro atoms. The third kappa shape index (κ3) is 3.46. The van der Waals surface area contributed by atoms with E-state index >= 15 is 0 Å². The van der Waals surface area contributed by atoms with Crippen molar-refractivity contribution in [2.24, 2.45) is 0 Å². The van der Waals surface area contributed by atoms with E-state index in [4.69, 9.17) is 16.0 Å². The van der Waals surface area contributed by atoms with Crippen LogP contribution in [-0.2, 0) is 6.54 Å². The van der Waals surface area contributed by atoms with Crippen molar-refractivity contribution in [3.05, 3.63) is 59.8 Å². The van der Waals surface area contributed by atoms with Crippen LogP contribution in [0.4, 0.5) is 5.95 Å². The van der Waals surface area contributed by atoms with Crippen LogP contribution in [0.15, 0.2) is 53.5 Å². The Morgan fingerprint density at radius 3 is 2.83 bits per heavy atom. The number of rotatable bonds is 5. The first-order chi connectivity index (χ1) is 11.2. The van der Waals surface area contributed by atoms with Crippen molar-refractivity contribution in [1.29, 1.82) is 0 Å². The van der Waals surface area contributed by atoms with Crippen molar-refractivity contribution in [3.63, 3.8) is 0 Å². The number of nitrogens with zero attached hydrogens (tertiary/aromatic N) is 4. The Hall–Kier alpha value is -2.93. The highest BCUT2D eigenvalue weighted by Gasteiger charge is 2.14. The van der Waals surface area contributed by atoms with E-state index in [1.807, 2.05) is 12.1 Å². The summed E-state index contributed by atoms with van der Waals surface area (Å²) in [4.78, 5) is 13.4. The summed E-state index contributed by atoms with van der Waals surface area (Å²) in [5.74, 6) is 0.356. The van der Waals surface area contributed by atoms with Crippen molar-refractivity contribution in [1.82, 2.24) is 20.2 Å². The number of furan rings is 1. The average molecular weight is 330 g/mol. The molecule has 0 unspecified atom stereocenters. The smallest absolute Gasteiger partial charge is 0.293 e. The Morgan fingerprint density at radius 2 is 2.09 bits per heavy atom. The normalized spacial score (nSPS) is 10.5. The molecule has 7 nitrogen and oxygen atoms in total. The highest BCUT2D eigenvalue weighted by Crippen LogP contribution is 2.24. The van der Waals surface area contributed by atoms with Gasteiger partial charge in [-0.3, -0.25) is 10.1 Å². The van der Waals surface area contributed by atoms with Gasteiger partial charge in [-0.05, 0) is 41.6 Å². The van der Waals surface area contributed by atoms with Crippen molar-refractivity contribution in [3.8, 4) is 11.3 Å². The van der Waals surface area contributed by atoms with Gasteiger partial charge in [0, 0.05) is 10.6 Å². The molecule has 2 aromatic heterocycles. The zero-order valence-electron chi connectivity index (χ0n) is 11.9. The van der Waals surface area contributed by atoms with Crippen LogP contribution >= 0.6 is 11.6 Å². The van der Waals surface area contributed by atoms with Crippen LogP contribution in [0.25, 0.3) is 11.3 Å². The first kappa shape index (κ1) is 15.0. The number of allylic oxidation sites excluding steroid dienone is 1. The topological polar surface area (TPSA) is 85.8 Å². The average Bonchev–Trinajstić information content (AvgIpc) is 3.18. The zero-order chi connectivity index (χ0) is 16.2. The van der Waals surface area contributed by atoms with E-state index in [0.717, 1.165) is 5.56 Å². The van der Waals surface area contributed by atoms with Gasteiger partial charge in [0.25, 0.3) is 11.9 Å². The van der Waals surface area contributed by atoms with Crippen molar-refractivity contribution in [2.45, 2.75) is 6.54 Å². The van der Waals surface area contributed by atoms with Gasteiger partial charge in [0.15, 0.2) is 5.76 Å². The summed E-state index contributed by atoms with van der Waals surface area (Å²) in [6.07, 6.45) is 1.62. The van der Waals surface area contributed by atoms with Gasteiger partial charge < -0.3 is 4.42 Å². The highest BCUT2D eigenvalue weighted by molar-refractivity contribution is 6.30. The first-order valence-corrected chi connectivity index (χ1v) is 7.09.